The van der Waals surface area contributed by atoms with Crippen molar-refractivity contribution in [1.82, 2.24) is 19.5 Å². The first-order valence-electron chi connectivity index (χ1n) is 20.8. The molecule has 0 radical (unpaired) electrons. The molecule has 5 nitrogen and oxygen atoms in total. The molecule has 12 rings (SSSR count). The summed E-state index contributed by atoms with van der Waals surface area (Å²) in [4.78, 5) is 15.2. The lowest BCUT2D eigenvalue weighted by Crippen LogP contribution is -2.00. The van der Waals surface area contributed by atoms with E-state index in [0.717, 1.165) is 71.9 Å². The maximum Gasteiger partial charge on any atom is 0.164 e. The SMILES string of the molecule is c1ccc(-c2cccc(-c3ccc(-n4c5ccccc5c5cc6c(cc54)oc4ccc(-c5nc(-c7ccccc7)nc(-c7cccc(-c8ccccc8)c7)n5)cc46)cc3)c2)cc1. The molecule has 62 heavy (non-hydrogen) atoms. The van der Waals surface area contributed by atoms with Crippen LogP contribution in [0.3, 0.4) is 0 Å². The highest BCUT2D eigenvalue weighted by molar-refractivity contribution is 6.17. The lowest BCUT2D eigenvalue weighted by Gasteiger charge is -2.10. The van der Waals surface area contributed by atoms with Crippen LogP contribution in [0.4, 0.5) is 0 Å². The maximum absolute atomic E-state index is 6.64. The first-order valence-corrected chi connectivity index (χ1v) is 20.8. The molecule has 0 fully saturated rings. The molecule has 0 atom stereocenters. The summed E-state index contributed by atoms with van der Waals surface area (Å²) in [6, 6.07) is 76.4. The molecular weight excluding hydrogens is 757 g/mol. The van der Waals surface area contributed by atoms with Crippen LogP contribution in [0.1, 0.15) is 0 Å². The summed E-state index contributed by atoms with van der Waals surface area (Å²) in [5.74, 6) is 1.84. The molecule has 0 unspecified atom stereocenters. The molecule has 0 amide bonds. The minimum Gasteiger partial charge on any atom is -0.456 e. The van der Waals surface area contributed by atoms with Gasteiger partial charge < -0.3 is 8.98 Å². The first-order chi connectivity index (χ1) is 30.7. The van der Waals surface area contributed by atoms with Gasteiger partial charge in [-0.25, -0.2) is 15.0 Å². The quantitative estimate of drug-likeness (QED) is 0.161. The van der Waals surface area contributed by atoms with Gasteiger partial charge in [0.2, 0.25) is 0 Å². The topological polar surface area (TPSA) is 56.7 Å². The molecule has 3 heterocycles. The fourth-order valence-corrected chi connectivity index (χ4v) is 8.79. The van der Waals surface area contributed by atoms with Crippen molar-refractivity contribution in [2.75, 3.05) is 0 Å². The van der Waals surface area contributed by atoms with Crippen molar-refractivity contribution in [3.63, 3.8) is 0 Å². The molecule has 0 spiro atoms. The van der Waals surface area contributed by atoms with Crippen molar-refractivity contribution in [2.24, 2.45) is 0 Å². The van der Waals surface area contributed by atoms with E-state index in [-0.39, 0.29) is 0 Å². The molecule has 0 bridgehead atoms. The summed E-state index contributed by atoms with van der Waals surface area (Å²) >= 11 is 0. The van der Waals surface area contributed by atoms with Gasteiger partial charge in [0.25, 0.3) is 0 Å². The van der Waals surface area contributed by atoms with E-state index in [0.29, 0.717) is 17.5 Å². The molecular formula is C57H36N4O. The van der Waals surface area contributed by atoms with Gasteiger partial charge in [0.1, 0.15) is 11.2 Å². The molecule has 0 N–H and O–H groups in total. The van der Waals surface area contributed by atoms with Crippen molar-refractivity contribution in [2.45, 2.75) is 0 Å². The number of fused-ring (bicyclic) bond motifs is 6. The number of rotatable bonds is 7. The van der Waals surface area contributed by atoms with Crippen LogP contribution >= 0.6 is 0 Å². The normalized spacial score (nSPS) is 11.5. The predicted octanol–water partition coefficient (Wildman–Crippen LogP) is 14.9. The molecule has 9 aromatic carbocycles. The van der Waals surface area contributed by atoms with Gasteiger partial charge in [-0.3, -0.25) is 0 Å². The first kappa shape index (κ1) is 35.5. The highest BCUT2D eigenvalue weighted by Crippen LogP contribution is 2.40. The number of benzene rings is 9. The average Bonchev–Trinajstić information content (AvgIpc) is 3.88. The highest BCUT2D eigenvalue weighted by Gasteiger charge is 2.19. The standard InChI is InChI=1S/C57H36N4O/c1-4-14-37(15-5-1)41-20-12-21-42(32-41)39-26-29-46(30-27-39)61-51-25-11-10-24-47(51)48-35-50-49-34-45(28-31-53(49)62-54(50)36-52(48)61)57-59-55(40-18-8-3-9-19-40)58-56(60-57)44-23-13-22-43(33-44)38-16-6-2-7-17-38/h1-36H. The van der Waals surface area contributed by atoms with Gasteiger partial charge in [-0.15, -0.1) is 0 Å². The Balaban J connectivity index is 0.964. The molecule has 3 aromatic heterocycles. The van der Waals surface area contributed by atoms with Gasteiger partial charge in [0.05, 0.1) is 11.0 Å². The molecule has 0 aliphatic rings. The van der Waals surface area contributed by atoms with E-state index >= 15 is 0 Å². The Bertz CT molecular complexity index is 3610. The van der Waals surface area contributed by atoms with E-state index in [2.05, 4.69) is 174 Å². The highest BCUT2D eigenvalue weighted by atomic mass is 16.3. The van der Waals surface area contributed by atoms with Gasteiger partial charge in [-0.1, -0.05) is 158 Å². The Morgan fingerprint density at radius 2 is 0.742 bits per heavy atom. The average molecular weight is 793 g/mol. The zero-order valence-corrected chi connectivity index (χ0v) is 33.5. The van der Waals surface area contributed by atoms with Crippen LogP contribution in [0.25, 0.3) is 117 Å². The Morgan fingerprint density at radius 1 is 0.274 bits per heavy atom. The van der Waals surface area contributed by atoms with E-state index < -0.39 is 0 Å². The van der Waals surface area contributed by atoms with E-state index in [1.54, 1.807) is 0 Å². The molecule has 0 aliphatic carbocycles. The maximum atomic E-state index is 6.64. The van der Waals surface area contributed by atoms with Gasteiger partial charge >= 0.3 is 0 Å². The summed E-state index contributed by atoms with van der Waals surface area (Å²) in [7, 11) is 0. The molecule has 0 saturated carbocycles. The van der Waals surface area contributed by atoms with Crippen molar-refractivity contribution in [3.05, 3.63) is 218 Å². The molecule has 290 valence electrons. The number of para-hydroxylation sites is 1. The van der Waals surface area contributed by atoms with Gasteiger partial charge in [-0.2, -0.15) is 0 Å². The van der Waals surface area contributed by atoms with Crippen molar-refractivity contribution < 1.29 is 4.42 Å². The number of hydrogen-bond acceptors (Lipinski definition) is 4. The fourth-order valence-electron chi connectivity index (χ4n) is 8.79. The lowest BCUT2D eigenvalue weighted by atomic mass is 9.99. The van der Waals surface area contributed by atoms with Crippen LogP contribution in [-0.2, 0) is 0 Å². The Kier molecular flexibility index (Phi) is 8.42. The predicted molar refractivity (Wildman–Crippen MR) is 254 cm³/mol. The van der Waals surface area contributed by atoms with Crippen LogP contribution in [0, 0.1) is 0 Å². The third kappa shape index (κ3) is 6.23. The summed E-state index contributed by atoms with van der Waals surface area (Å²) < 4.78 is 8.98. The van der Waals surface area contributed by atoms with Crippen LogP contribution in [-0.4, -0.2) is 19.5 Å². The monoisotopic (exact) mass is 792 g/mol. The fraction of sp³-hybridized carbons (Fsp3) is 0. The van der Waals surface area contributed by atoms with Crippen LogP contribution in [0.15, 0.2) is 223 Å². The summed E-state index contributed by atoms with van der Waals surface area (Å²) in [6.45, 7) is 0. The van der Waals surface area contributed by atoms with E-state index in [1.807, 2.05) is 48.5 Å². The zero-order valence-electron chi connectivity index (χ0n) is 33.5. The number of aromatic nitrogens is 4. The van der Waals surface area contributed by atoms with Crippen molar-refractivity contribution >= 4 is 43.7 Å². The molecule has 0 aliphatic heterocycles. The smallest absolute Gasteiger partial charge is 0.164 e. The van der Waals surface area contributed by atoms with E-state index in [9.17, 15) is 0 Å². The number of hydrogen-bond donors (Lipinski definition) is 0. The summed E-state index contributed by atoms with van der Waals surface area (Å²) in [5.41, 5.74) is 14.7. The largest absolute Gasteiger partial charge is 0.456 e. The summed E-state index contributed by atoms with van der Waals surface area (Å²) in [5, 5.41) is 4.39. The van der Waals surface area contributed by atoms with Gasteiger partial charge in [0, 0.05) is 50.0 Å². The van der Waals surface area contributed by atoms with E-state index in [4.69, 9.17) is 19.4 Å². The molecule has 5 heteroatoms. The third-order valence-electron chi connectivity index (χ3n) is 11.8. The van der Waals surface area contributed by atoms with E-state index in [1.165, 1.54) is 27.6 Å². The van der Waals surface area contributed by atoms with Gasteiger partial charge in [-0.05, 0) is 88.0 Å². The summed E-state index contributed by atoms with van der Waals surface area (Å²) in [6.07, 6.45) is 0. The number of furan rings is 1. The minimum atomic E-state index is 0.600. The van der Waals surface area contributed by atoms with Gasteiger partial charge in [0.15, 0.2) is 17.5 Å². The lowest BCUT2D eigenvalue weighted by molar-refractivity contribution is 0.669. The Labute approximate surface area is 357 Å². The van der Waals surface area contributed by atoms with Crippen molar-refractivity contribution in [1.29, 1.82) is 0 Å². The van der Waals surface area contributed by atoms with Crippen molar-refractivity contribution in [3.8, 4) is 73.2 Å². The van der Waals surface area contributed by atoms with Crippen LogP contribution < -0.4 is 0 Å². The Morgan fingerprint density at radius 3 is 1.39 bits per heavy atom. The Hall–Kier alpha value is -8.41. The second-order valence-electron chi connectivity index (χ2n) is 15.6. The second-order valence-corrected chi connectivity index (χ2v) is 15.6. The molecule has 12 aromatic rings. The second kappa shape index (κ2) is 14.7. The minimum absolute atomic E-state index is 0.600. The van der Waals surface area contributed by atoms with Crippen LogP contribution in [0.5, 0.6) is 0 Å². The third-order valence-corrected chi connectivity index (χ3v) is 11.8. The zero-order chi connectivity index (χ0) is 41.0. The number of nitrogens with zero attached hydrogens (tertiary/aromatic N) is 4. The van der Waals surface area contributed by atoms with Crippen LogP contribution in [0.2, 0.25) is 0 Å². The molecule has 0 saturated heterocycles.